The lowest BCUT2D eigenvalue weighted by atomic mass is 9.54. The number of amides is 1. The summed E-state index contributed by atoms with van der Waals surface area (Å²) in [6, 6.07) is 0.356. The molecule has 0 radical (unpaired) electrons. The van der Waals surface area contributed by atoms with Crippen LogP contribution in [0, 0.1) is 11.3 Å². The molecule has 0 aromatic carbocycles. The lowest BCUT2D eigenvalue weighted by molar-refractivity contribution is -0.170. The van der Waals surface area contributed by atoms with Gasteiger partial charge in [0.1, 0.15) is 5.54 Å². The largest absolute Gasteiger partial charge is 0.378 e. The van der Waals surface area contributed by atoms with Gasteiger partial charge in [0.05, 0.1) is 6.10 Å². The second kappa shape index (κ2) is 6.20. The predicted octanol–water partition coefficient (Wildman–Crippen LogP) is 2.25. The lowest BCUT2D eigenvalue weighted by Crippen LogP contribution is -2.76. The van der Waals surface area contributed by atoms with Crippen molar-refractivity contribution in [3.05, 3.63) is 0 Å². The summed E-state index contributed by atoms with van der Waals surface area (Å²) >= 11 is 0. The molecule has 4 atom stereocenters. The molecule has 0 saturated heterocycles. The first kappa shape index (κ1) is 17.7. The monoisotopic (exact) mass is 304 g/mol. The molecule has 2 fully saturated rings. The Morgan fingerprint density at radius 3 is 2.55 bits per heavy atom. The highest BCUT2D eigenvalue weighted by Gasteiger charge is 2.63. The van der Waals surface area contributed by atoms with Crippen LogP contribution in [0.2, 0.25) is 0 Å². The van der Waals surface area contributed by atoms with Crippen molar-refractivity contribution in [1.29, 1.82) is 0 Å². The first-order valence-corrected chi connectivity index (χ1v) is 7.58. The number of nitrogens with two attached hydrogens (primary N) is 1. The Bertz CT molecular complexity index is 362. The van der Waals surface area contributed by atoms with E-state index in [0.29, 0.717) is 25.0 Å². The van der Waals surface area contributed by atoms with Crippen molar-refractivity contribution in [3.8, 4) is 0 Å². The molecule has 2 aliphatic carbocycles. The van der Waals surface area contributed by atoms with Gasteiger partial charge in [0, 0.05) is 24.5 Å². The number of carbonyl (C=O) groups excluding carboxylic acids is 1. The normalized spacial score (nSPS) is 37.5. The number of rotatable bonds is 6. The second-order valence-corrected chi connectivity index (χ2v) is 6.71. The number of hydrogen-bond acceptors (Lipinski definition) is 3. The molecule has 0 bridgehead atoms. The van der Waals surface area contributed by atoms with E-state index in [9.17, 15) is 4.79 Å². The molecule has 2 saturated carbocycles. The first-order valence-electron chi connectivity index (χ1n) is 7.58. The second-order valence-electron chi connectivity index (χ2n) is 6.71. The zero-order chi connectivity index (χ0) is 14.3. The molecule has 0 heterocycles. The highest BCUT2D eigenvalue weighted by Crippen LogP contribution is 2.50. The van der Waals surface area contributed by atoms with Crippen molar-refractivity contribution in [3.63, 3.8) is 0 Å². The number of carbonyl (C=O) groups is 1. The third kappa shape index (κ3) is 2.83. The van der Waals surface area contributed by atoms with Crippen molar-refractivity contribution in [2.45, 2.75) is 71.1 Å². The fraction of sp³-hybridized carbons (Fsp3) is 0.933. The van der Waals surface area contributed by atoms with Crippen LogP contribution in [0.5, 0.6) is 0 Å². The van der Waals surface area contributed by atoms with Crippen LogP contribution < -0.4 is 11.1 Å². The summed E-state index contributed by atoms with van der Waals surface area (Å²) in [6.45, 7) is 8.90. The van der Waals surface area contributed by atoms with Crippen LogP contribution in [-0.2, 0) is 9.53 Å². The highest BCUT2D eigenvalue weighted by molar-refractivity contribution is 5.89. The SMILES string of the molecule is CCCC1CC1NC(=O)C1(N)CC(OCC)C1(C)C.Cl. The van der Waals surface area contributed by atoms with Crippen molar-refractivity contribution in [2.24, 2.45) is 17.1 Å². The van der Waals surface area contributed by atoms with Crippen LogP contribution in [0.15, 0.2) is 0 Å². The third-order valence-electron chi connectivity index (χ3n) is 5.13. The molecule has 4 unspecified atom stereocenters. The van der Waals surface area contributed by atoms with Gasteiger partial charge in [-0.15, -0.1) is 12.4 Å². The van der Waals surface area contributed by atoms with E-state index in [1.165, 1.54) is 12.8 Å². The van der Waals surface area contributed by atoms with Crippen LogP contribution >= 0.6 is 12.4 Å². The maximum Gasteiger partial charge on any atom is 0.241 e. The summed E-state index contributed by atoms with van der Waals surface area (Å²) in [6.07, 6.45) is 4.23. The summed E-state index contributed by atoms with van der Waals surface area (Å²) in [4.78, 5) is 12.4. The van der Waals surface area contributed by atoms with E-state index >= 15 is 0 Å². The van der Waals surface area contributed by atoms with Crippen molar-refractivity contribution in [2.75, 3.05) is 6.61 Å². The van der Waals surface area contributed by atoms with Crippen LogP contribution in [0.3, 0.4) is 0 Å². The quantitative estimate of drug-likeness (QED) is 0.791. The van der Waals surface area contributed by atoms with E-state index in [-0.39, 0.29) is 29.8 Å². The van der Waals surface area contributed by atoms with Gasteiger partial charge in [0.15, 0.2) is 0 Å². The first-order chi connectivity index (χ1) is 8.86. The minimum absolute atomic E-state index is 0. The van der Waals surface area contributed by atoms with Gasteiger partial charge in [0.2, 0.25) is 5.91 Å². The highest BCUT2D eigenvalue weighted by atomic mass is 35.5. The van der Waals surface area contributed by atoms with Gasteiger partial charge in [-0.3, -0.25) is 4.79 Å². The fourth-order valence-electron chi connectivity index (χ4n) is 3.23. The maximum atomic E-state index is 12.4. The number of halogens is 1. The Kier molecular flexibility index (Phi) is 5.50. The van der Waals surface area contributed by atoms with Gasteiger partial charge in [-0.25, -0.2) is 0 Å². The molecular formula is C15H29ClN2O2. The predicted molar refractivity (Wildman–Crippen MR) is 82.9 cm³/mol. The Balaban J connectivity index is 0.00000200. The third-order valence-corrected chi connectivity index (χ3v) is 5.13. The Morgan fingerprint density at radius 2 is 2.05 bits per heavy atom. The molecule has 0 aromatic rings. The van der Waals surface area contributed by atoms with Gasteiger partial charge in [0.25, 0.3) is 0 Å². The van der Waals surface area contributed by atoms with Gasteiger partial charge in [-0.2, -0.15) is 0 Å². The van der Waals surface area contributed by atoms with Crippen LogP contribution in [0.25, 0.3) is 0 Å². The van der Waals surface area contributed by atoms with E-state index in [1.54, 1.807) is 0 Å². The molecule has 2 aliphatic rings. The summed E-state index contributed by atoms with van der Waals surface area (Å²) in [5, 5.41) is 3.13. The Labute approximate surface area is 128 Å². The molecule has 5 heteroatoms. The molecular weight excluding hydrogens is 276 g/mol. The van der Waals surface area contributed by atoms with Gasteiger partial charge >= 0.3 is 0 Å². The average Bonchev–Trinajstić information content (AvgIpc) is 3.07. The molecule has 20 heavy (non-hydrogen) atoms. The maximum absolute atomic E-state index is 12.4. The van der Waals surface area contributed by atoms with Crippen LogP contribution in [0.1, 0.15) is 53.4 Å². The standard InChI is InChI=1S/C15H28N2O2.ClH/c1-5-7-10-8-11(10)17-13(18)15(16)9-12(19-6-2)14(15,3)4;/h10-12H,5-9,16H2,1-4H3,(H,17,18);1H. The summed E-state index contributed by atoms with van der Waals surface area (Å²) in [5.74, 6) is 0.681. The zero-order valence-electron chi connectivity index (χ0n) is 13.1. The summed E-state index contributed by atoms with van der Waals surface area (Å²) in [7, 11) is 0. The number of nitrogens with one attached hydrogen (secondary N) is 1. The molecule has 4 nitrogen and oxygen atoms in total. The van der Waals surface area contributed by atoms with Gasteiger partial charge < -0.3 is 15.8 Å². The summed E-state index contributed by atoms with van der Waals surface area (Å²) in [5.41, 5.74) is 5.29. The van der Waals surface area contributed by atoms with Crippen LogP contribution in [-0.4, -0.2) is 30.2 Å². The smallest absolute Gasteiger partial charge is 0.241 e. The average molecular weight is 305 g/mol. The fourth-order valence-corrected chi connectivity index (χ4v) is 3.23. The van der Waals surface area contributed by atoms with Crippen molar-refractivity contribution < 1.29 is 9.53 Å². The topological polar surface area (TPSA) is 64.4 Å². The minimum Gasteiger partial charge on any atom is -0.378 e. The van der Waals surface area contributed by atoms with Gasteiger partial charge in [-0.1, -0.05) is 27.2 Å². The van der Waals surface area contributed by atoms with E-state index in [4.69, 9.17) is 10.5 Å². The molecule has 0 aromatic heterocycles. The van der Waals surface area contributed by atoms with Gasteiger partial charge in [-0.05, 0) is 25.7 Å². The molecule has 3 N–H and O–H groups in total. The van der Waals surface area contributed by atoms with Crippen LogP contribution in [0.4, 0.5) is 0 Å². The zero-order valence-corrected chi connectivity index (χ0v) is 13.9. The molecule has 2 rings (SSSR count). The molecule has 118 valence electrons. The van der Waals surface area contributed by atoms with E-state index < -0.39 is 5.54 Å². The lowest BCUT2D eigenvalue weighted by Gasteiger charge is -2.57. The van der Waals surface area contributed by atoms with E-state index in [1.807, 2.05) is 20.8 Å². The number of ether oxygens (including phenoxy) is 1. The Morgan fingerprint density at radius 1 is 1.40 bits per heavy atom. The summed E-state index contributed by atoms with van der Waals surface area (Å²) < 4.78 is 5.66. The van der Waals surface area contributed by atoms with Crippen molar-refractivity contribution >= 4 is 18.3 Å². The number of hydrogen-bond donors (Lipinski definition) is 2. The molecule has 1 amide bonds. The van der Waals surface area contributed by atoms with E-state index in [0.717, 1.165) is 6.42 Å². The van der Waals surface area contributed by atoms with Crippen molar-refractivity contribution in [1.82, 2.24) is 5.32 Å². The Hall–Kier alpha value is -0.320. The molecule has 0 aliphatic heterocycles. The minimum atomic E-state index is -0.772. The molecule has 0 spiro atoms. The van der Waals surface area contributed by atoms with E-state index in [2.05, 4.69) is 12.2 Å².